The Labute approximate surface area is 122 Å². The van der Waals surface area contributed by atoms with Crippen LogP contribution in [0.3, 0.4) is 0 Å². The first-order chi connectivity index (χ1) is 9.78. The Morgan fingerprint density at radius 2 is 1.70 bits per heavy atom. The van der Waals surface area contributed by atoms with Gasteiger partial charge >= 0.3 is 0 Å². The topological polar surface area (TPSA) is 24.9 Å². The Morgan fingerprint density at radius 1 is 1.00 bits per heavy atom. The fraction of sp³-hybridized carbons (Fsp3) is 0.389. The molecule has 0 bridgehead atoms. The molecule has 0 aliphatic rings. The lowest BCUT2D eigenvalue weighted by atomic mass is 9.97. The van der Waals surface area contributed by atoms with Gasteiger partial charge < -0.3 is 5.32 Å². The molecular formula is C18H24N2. The monoisotopic (exact) mass is 268 g/mol. The highest BCUT2D eigenvalue weighted by Gasteiger charge is 2.14. The van der Waals surface area contributed by atoms with Crippen molar-refractivity contribution in [1.29, 1.82) is 0 Å². The summed E-state index contributed by atoms with van der Waals surface area (Å²) >= 11 is 0. The third kappa shape index (κ3) is 3.45. The molecule has 1 heterocycles. The Morgan fingerprint density at radius 3 is 2.30 bits per heavy atom. The van der Waals surface area contributed by atoms with Gasteiger partial charge in [0.2, 0.25) is 0 Å². The fourth-order valence-electron chi connectivity index (χ4n) is 2.55. The molecule has 20 heavy (non-hydrogen) atoms. The van der Waals surface area contributed by atoms with Crippen LogP contribution in [0.25, 0.3) is 0 Å². The van der Waals surface area contributed by atoms with Crippen LogP contribution in [-0.2, 0) is 19.3 Å². The molecule has 106 valence electrons. The maximum absolute atomic E-state index is 4.59. The molecule has 1 atom stereocenters. The lowest BCUT2D eigenvalue weighted by molar-refractivity contribution is 0.570. The largest absolute Gasteiger partial charge is 0.311 e. The third-order valence-corrected chi connectivity index (χ3v) is 3.86. The van der Waals surface area contributed by atoms with E-state index in [1.165, 1.54) is 22.4 Å². The van der Waals surface area contributed by atoms with Crippen molar-refractivity contribution in [2.24, 2.45) is 0 Å². The van der Waals surface area contributed by atoms with Crippen LogP contribution in [0.15, 0.2) is 42.6 Å². The number of benzene rings is 1. The lowest BCUT2D eigenvalue weighted by Gasteiger charge is -2.18. The van der Waals surface area contributed by atoms with Crippen molar-refractivity contribution < 1.29 is 0 Å². The van der Waals surface area contributed by atoms with Crippen LogP contribution in [0.5, 0.6) is 0 Å². The maximum Gasteiger partial charge on any atom is 0.0608 e. The number of likely N-dealkylation sites (N-methyl/N-ethyl adjacent to an activating group) is 1. The third-order valence-electron chi connectivity index (χ3n) is 3.86. The van der Waals surface area contributed by atoms with Gasteiger partial charge in [-0.25, -0.2) is 0 Å². The summed E-state index contributed by atoms with van der Waals surface area (Å²) in [5.41, 5.74) is 5.25. The van der Waals surface area contributed by atoms with Crippen molar-refractivity contribution in [3.05, 3.63) is 65.0 Å². The minimum Gasteiger partial charge on any atom is -0.311 e. The molecule has 2 rings (SSSR count). The van der Waals surface area contributed by atoms with Crippen molar-refractivity contribution in [3.63, 3.8) is 0 Å². The summed E-state index contributed by atoms with van der Waals surface area (Å²) in [7, 11) is 2.01. The summed E-state index contributed by atoms with van der Waals surface area (Å²) in [6.07, 6.45) is 4.98. The predicted octanol–water partition coefficient (Wildman–Crippen LogP) is 3.71. The molecule has 0 aliphatic carbocycles. The van der Waals surface area contributed by atoms with E-state index < -0.39 is 0 Å². The summed E-state index contributed by atoms with van der Waals surface area (Å²) < 4.78 is 0. The molecule has 1 unspecified atom stereocenters. The predicted molar refractivity (Wildman–Crippen MR) is 84.9 cm³/mol. The number of aromatic nitrogens is 1. The lowest BCUT2D eigenvalue weighted by Crippen LogP contribution is -2.21. The van der Waals surface area contributed by atoms with Crippen molar-refractivity contribution in [1.82, 2.24) is 10.3 Å². The Kier molecular flexibility index (Phi) is 5.31. The van der Waals surface area contributed by atoms with Crippen molar-refractivity contribution in [3.8, 4) is 0 Å². The van der Waals surface area contributed by atoms with Gasteiger partial charge in [-0.05, 0) is 49.1 Å². The quantitative estimate of drug-likeness (QED) is 0.864. The molecular weight excluding hydrogens is 244 g/mol. The first-order valence-corrected chi connectivity index (χ1v) is 7.47. The van der Waals surface area contributed by atoms with Gasteiger partial charge in [-0.1, -0.05) is 44.2 Å². The van der Waals surface area contributed by atoms with Gasteiger partial charge in [0.15, 0.2) is 0 Å². The summed E-state index contributed by atoms with van der Waals surface area (Å²) in [6.45, 7) is 4.37. The second kappa shape index (κ2) is 7.20. The molecule has 0 fully saturated rings. The van der Waals surface area contributed by atoms with Crippen LogP contribution in [0.4, 0.5) is 0 Å². The Balaban J connectivity index is 2.19. The molecule has 0 saturated heterocycles. The zero-order valence-electron chi connectivity index (χ0n) is 12.7. The molecule has 2 aromatic rings. The zero-order valence-corrected chi connectivity index (χ0v) is 12.7. The molecule has 0 spiro atoms. The van der Waals surface area contributed by atoms with Crippen LogP contribution in [0.1, 0.15) is 42.3 Å². The minimum atomic E-state index is 0.277. The highest BCUT2D eigenvalue weighted by atomic mass is 14.9. The first kappa shape index (κ1) is 14.7. The highest BCUT2D eigenvalue weighted by Crippen LogP contribution is 2.20. The fourth-order valence-corrected chi connectivity index (χ4v) is 2.55. The highest BCUT2D eigenvalue weighted by molar-refractivity contribution is 5.27. The van der Waals surface area contributed by atoms with Crippen LogP contribution in [0, 0.1) is 0 Å². The van der Waals surface area contributed by atoms with E-state index in [-0.39, 0.29) is 6.04 Å². The average Bonchev–Trinajstić information content (AvgIpc) is 2.53. The Hall–Kier alpha value is -1.67. The SMILES string of the molecule is CCc1ccc(CC(NC)c2ncccc2CC)cc1. The number of hydrogen-bond donors (Lipinski definition) is 1. The number of nitrogens with zero attached hydrogens (tertiary/aromatic N) is 1. The van der Waals surface area contributed by atoms with Gasteiger partial charge in [0.05, 0.1) is 11.7 Å². The molecule has 2 heteroatoms. The van der Waals surface area contributed by atoms with Gasteiger partial charge in [-0.15, -0.1) is 0 Å². The maximum atomic E-state index is 4.59. The van der Waals surface area contributed by atoms with E-state index in [0.29, 0.717) is 0 Å². The van der Waals surface area contributed by atoms with E-state index in [2.05, 4.69) is 54.5 Å². The summed E-state index contributed by atoms with van der Waals surface area (Å²) in [5, 5.41) is 3.41. The van der Waals surface area contributed by atoms with Crippen molar-refractivity contribution in [2.45, 2.75) is 39.2 Å². The average molecular weight is 268 g/mol. The van der Waals surface area contributed by atoms with E-state index in [1.807, 2.05) is 19.3 Å². The van der Waals surface area contributed by atoms with Crippen LogP contribution >= 0.6 is 0 Å². The number of pyridine rings is 1. The van der Waals surface area contributed by atoms with E-state index in [1.54, 1.807) is 0 Å². The van der Waals surface area contributed by atoms with Gasteiger partial charge in [-0.3, -0.25) is 4.98 Å². The molecule has 0 aliphatic heterocycles. The van der Waals surface area contributed by atoms with E-state index in [0.717, 1.165) is 19.3 Å². The molecule has 0 radical (unpaired) electrons. The molecule has 1 aromatic heterocycles. The number of aryl methyl sites for hydroxylation is 2. The van der Waals surface area contributed by atoms with E-state index in [4.69, 9.17) is 0 Å². The summed E-state index contributed by atoms with van der Waals surface area (Å²) in [4.78, 5) is 4.59. The van der Waals surface area contributed by atoms with Gasteiger partial charge in [-0.2, -0.15) is 0 Å². The van der Waals surface area contributed by atoms with Crippen LogP contribution < -0.4 is 5.32 Å². The number of hydrogen-bond acceptors (Lipinski definition) is 2. The van der Waals surface area contributed by atoms with E-state index >= 15 is 0 Å². The molecule has 1 aromatic carbocycles. The second-order valence-corrected chi connectivity index (χ2v) is 5.12. The van der Waals surface area contributed by atoms with Crippen molar-refractivity contribution in [2.75, 3.05) is 7.05 Å². The Bertz CT molecular complexity index is 531. The molecule has 1 N–H and O–H groups in total. The first-order valence-electron chi connectivity index (χ1n) is 7.47. The molecule has 0 amide bonds. The zero-order chi connectivity index (χ0) is 14.4. The molecule has 2 nitrogen and oxygen atoms in total. The number of nitrogens with one attached hydrogen (secondary N) is 1. The second-order valence-electron chi connectivity index (χ2n) is 5.12. The van der Waals surface area contributed by atoms with Crippen LogP contribution in [-0.4, -0.2) is 12.0 Å². The normalized spacial score (nSPS) is 12.3. The number of rotatable bonds is 6. The van der Waals surface area contributed by atoms with E-state index in [9.17, 15) is 0 Å². The molecule has 0 saturated carbocycles. The smallest absolute Gasteiger partial charge is 0.0608 e. The van der Waals surface area contributed by atoms with Crippen molar-refractivity contribution >= 4 is 0 Å². The van der Waals surface area contributed by atoms with Crippen LogP contribution in [0.2, 0.25) is 0 Å². The summed E-state index contributed by atoms with van der Waals surface area (Å²) in [6, 6.07) is 13.4. The minimum absolute atomic E-state index is 0.277. The van der Waals surface area contributed by atoms with Gasteiger partial charge in [0.25, 0.3) is 0 Å². The summed E-state index contributed by atoms with van der Waals surface area (Å²) in [5.74, 6) is 0. The van der Waals surface area contributed by atoms with Gasteiger partial charge in [0, 0.05) is 6.20 Å². The van der Waals surface area contributed by atoms with Gasteiger partial charge in [0.1, 0.15) is 0 Å². The standard InChI is InChI=1S/C18H24N2/c1-4-14-8-10-15(11-9-14)13-17(19-3)18-16(5-2)7-6-12-20-18/h6-12,17,19H,4-5,13H2,1-3H3.